The molecule has 0 aromatic rings. The molecule has 19 heavy (non-hydrogen) atoms. The van der Waals surface area contributed by atoms with Gasteiger partial charge < -0.3 is 0 Å². The highest BCUT2D eigenvalue weighted by molar-refractivity contribution is 5.48. The van der Waals surface area contributed by atoms with Gasteiger partial charge in [-0.1, -0.05) is 38.8 Å². The van der Waals surface area contributed by atoms with Gasteiger partial charge >= 0.3 is 0 Å². The lowest BCUT2D eigenvalue weighted by molar-refractivity contribution is -0.108. The van der Waals surface area contributed by atoms with Crippen LogP contribution in [0, 0.1) is 39.9 Å². The minimum atomic E-state index is 0.613. The minimum absolute atomic E-state index is 0.613. The summed E-state index contributed by atoms with van der Waals surface area (Å²) in [6.45, 7) is 10.4. The van der Waals surface area contributed by atoms with Gasteiger partial charge in [0.1, 0.15) is 0 Å². The summed E-state index contributed by atoms with van der Waals surface area (Å²) in [5.74, 6) is 4.08. The molecule has 3 fully saturated rings. The van der Waals surface area contributed by atoms with Crippen molar-refractivity contribution in [2.75, 3.05) is 0 Å². The molecule has 104 valence electrons. The number of hydrogen-bond acceptors (Lipinski definition) is 0. The second-order valence-electron chi connectivity index (χ2n) is 9.50. The van der Waals surface area contributed by atoms with Crippen molar-refractivity contribution in [3.05, 3.63) is 11.1 Å². The largest absolute Gasteiger partial charge is 0.0639 e. The fourth-order valence-corrected chi connectivity index (χ4v) is 7.49. The molecule has 0 aromatic carbocycles. The zero-order valence-corrected chi connectivity index (χ0v) is 13.1. The number of hydrogen-bond donors (Lipinski definition) is 0. The summed E-state index contributed by atoms with van der Waals surface area (Å²) in [4.78, 5) is 0. The fourth-order valence-electron chi connectivity index (χ4n) is 7.49. The second kappa shape index (κ2) is 2.85. The Kier molecular flexibility index (Phi) is 1.71. The van der Waals surface area contributed by atoms with E-state index in [-0.39, 0.29) is 0 Å². The molecule has 0 aliphatic heterocycles. The lowest BCUT2D eigenvalue weighted by Crippen LogP contribution is -2.55. The number of allylic oxidation sites excluding steroid dienone is 2. The highest BCUT2D eigenvalue weighted by Crippen LogP contribution is 2.81. The van der Waals surface area contributed by atoms with Crippen molar-refractivity contribution in [3.63, 3.8) is 0 Å². The SMILES string of the molecule is CC1CC[C@@]2(C)C3=C(CC[C@@]4(C)C[C@@H]34)C3(C)CC1C32. The Morgan fingerprint density at radius 1 is 1.00 bits per heavy atom. The van der Waals surface area contributed by atoms with Crippen LogP contribution in [0.3, 0.4) is 0 Å². The Balaban J connectivity index is 1.68. The first-order valence-corrected chi connectivity index (χ1v) is 8.64. The Morgan fingerprint density at radius 3 is 2.58 bits per heavy atom. The van der Waals surface area contributed by atoms with Gasteiger partial charge in [-0.2, -0.15) is 0 Å². The molecule has 0 saturated heterocycles. The molecule has 0 heterocycles. The van der Waals surface area contributed by atoms with E-state index in [1.165, 1.54) is 38.5 Å². The molecule has 4 unspecified atom stereocenters. The first-order valence-electron chi connectivity index (χ1n) is 8.64. The summed E-state index contributed by atoms with van der Waals surface area (Å²) >= 11 is 0. The van der Waals surface area contributed by atoms with Crippen LogP contribution in [0.25, 0.3) is 0 Å². The van der Waals surface area contributed by atoms with Gasteiger partial charge in [0, 0.05) is 0 Å². The second-order valence-corrected chi connectivity index (χ2v) is 9.50. The molecule has 5 aliphatic rings. The van der Waals surface area contributed by atoms with E-state index >= 15 is 0 Å². The van der Waals surface area contributed by atoms with E-state index in [1.54, 1.807) is 0 Å². The van der Waals surface area contributed by atoms with Crippen molar-refractivity contribution < 1.29 is 0 Å². The smallest absolute Gasteiger partial charge is 0.00711 e. The van der Waals surface area contributed by atoms with Gasteiger partial charge in [0.15, 0.2) is 0 Å². The Labute approximate surface area is 118 Å². The van der Waals surface area contributed by atoms with Crippen LogP contribution in [0.2, 0.25) is 0 Å². The van der Waals surface area contributed by atoms with Crippen molar-refractivity contribution in [2.45, 2.75) is 66.2 Å². The Bertz CT molecular complexity index is 514. The summed E-state index contributed by atoms with van der Waals surface area (Å²) in [5.41, 5.74) is 5.96. The van der Waals surface area contributed by atoms with Gasteiger partial charge in [-0.15, -0.1) is 0 Å². The lowest BCUT2D eigenvalue weighted by atomic mass is 9.42. The van der Waals surface area contributed by atoms with Crippen LogP contribution < -0.4 is 0 Å². The van der Waals surface area contributed by atoms with Gasteiger partial charge in [0.25, 0.3) is 0 Å². The third-order valence-electron chi connectivity index (χ3n) is 8.59. The van der Waals surface area contributed by atoms with Crippen LogP contribution in [0.5, 0.6) is 0 Å². The monoisotopic (exact) mass is 256 g/mol. The molecule has 3 saturated carbocycles. The van der Waals surface area contributed by atoms with Crippen molar-refractivity contribution in [1.82, 2.24) is 0 Å². The molecule has 0 heteroatoms. The average molecular weight is 256 g/mol. The zero-order valence-electron chi connectivity index (χ0n) is 13.1. The van der Waals surface area contributed by atoms with Crippen LogP contribution in [0.1, 0.15) is 66.2 Å². The van der Waals surface area contributed by atoms with Gasteiger partial charge in [0.05, 0.1) is 0 Å². The number of fused-ring (bicyclic) bond motifs is 4. The molecule has 0 bridgehead atoms. The molecule has 7 atom stereocenters. The highest BCUT2D eigenvalue weighted by atomic mass is 14.8. The van der Waals surface area contributed by atoms with Gasteiger partial charge in [-0.05, 0) is 78.4 Å². The molecular weight excluding hydrogens is 228 g/mol. The van der Waals surface area contributed by atoms with Crippen LogP contribution in [-0.2, 0) is 0 Å². The van der Waals surface area contributed by atoms with Crippen molar-refractivity contribution in [2.24, 2.45) is 39.9 Å². The summed E-state index contributed by atoms with van der Waals surface area (Å²) < 4.78 is 0. The standard InChI is InChI=1S/C19H28/c1-11-5-8-18(3)15-13(6-7-17(2)10-14(15)17)19(4)9-12(11)16(18)19/h11-12,14,16H,5-10H2,1-4H3/t11?,12?,14-,16?,17-,18-,19?/m0/s1. The molecule has 0 radical (unpaired) electrons. The van der Waals surface area contributed by atoms with Crippen molar-refractivity contribution >= 4 is 0 Å². The fraction of sp³-hybridized carbons (Fsp3) is 0.895. The van der Waals surface area contributed by atoms with E-state index in [9.17, 15) is 0 Å². The third kappa shape index (κ3) is 1.02. The molecule has 5 rings (SSSR count). The zero-order chi connectivity index (χ0) is 13.2. The van der Waals surface area contributed by atoms with E-state index in [2.05, 4.69) is 27.7 Å². The Hall–Kier alpha value is -0.260. The summed E-state index contributed by atoms with van der Waals surface area (Å²) in [5, 5.41) is 0. The summed E-state index contributed by atoms with van der Waals surface area (Å²) in [7, 11) is 0. The first-order chi connectivity index (χ1) is 8.90. The minimum Gasteiger partial charge on any atom is -0.0639 e. The van der Waals surface area contributed by atoms with E-state index in [0.29, 0.717) is 10.8 Å². The van der Waals surface area contributed by atoms with Gasteiger partial charge in [-0.25, -0.2) is 0 Å². The summed E-state index contributed by atoms with van der Waals surface area (Å²) in [6, 6.07) is 0. The van der Waals surface area contributed by atoms with Crippen LogP contribution in [0.4, 0.5) is 0 Å². The topological polar surface area (TPSA) is 0 Å². The van der Waals surface area contributed by atoms with Gasteiger partial charge in [0.2, 0.25) is 0 Å². The van der Waals surface area contributed by atoms with Crippen LogP contribution in [0.15, 0.2) is 11.1 Å². The molecule has 0 N–H and O–H groups in total. The normalized spacial score (nSPS) is 65.1. The van der Waals surface area contributed by atoms with Crippen LogP contribution >= 0.6 is 0 Å². The molecular formula is C19H28. The molecule has 0 amide bonds. The van der Waals surface area contributed by atoms with Crippen molar-refractivity contribution in [3.8, 4) is 0 Å². The van der Waals surface area contributed by atoms with Crippen molar-refractivity contribution in [1.29, 1.82) is 0 Å². The van der Waals surface area contributed by atoms with E-state index < -0.39 is 0 Å². The van der Waals surface area contributed by atoms with Crippen LogP contribution in [-0.4, -0.2) is 0 Å². The quantitative estimate of drug-likeness (QED) is 0.523. The number of rotatable bonds is 0. The molecule has 0 nitrogen and oxygen atoms in total. The highest BCUT2D eigenvalue weighted by Gasteiger charge is 2.72. The van der Waals surface area contributed by atoms with E-state index in [1.807, 2.05) is 11.1 Å². The molecule has 0 spiro atoms. The predicted molar refractivity (Wildman–Crippen MR) is 78.7 cm³/mol. The average Bonchev–Trinajstić information content (AvgIpc) is 2.97. The Morgan fingerprint density at radius 2 is 1.79 bits per heavy atom. The molecule has 0 aromatic heterocycles. The first kappa shape index (κ1) is 11.4. The van der Waals surface area contributed by atoms with E-state index in [0.717, 1.165) is 29.1 Å². The lowest BCUT2D eigenvalue weighted by Gasteiger charge is -2.61. The summed E-state index contributed by atoms with van der Waals surface area (Å²) in [6.07, 6.45) is 8.98. The maximum Gasteiger partial charge on any atom is -0.00711 e. The predicted octanol–water partition coefficient (Wildman–Crippen LogP) is 5.20. The van der Waals surface area contributed by atoms with Gasteiger partial charge in [-0.3, -0.25) is 0 Å². The maximum atomic E-state index is 2.67. The third-order valence-corrected chi connectivity index (χ3v) is 8.59. The van der Waals surface area contributed by atoms with E-state index in [4.69, 9.17) is 0 Å². The maximum absolute atomic E-state index is 2.67. The molecule has 5 aliphatic carbocycles.